The molecule has 0 aliphatic rings. The van der Waals surface area contributed by atoms with Crippen molar-refractivity contribution in [1.82, 2.24) is 0 Å². The second-order valence-corrected chi connectivity index (χ2v) is 10.1. The molecule has 0 heterocycles. The standard InChI is InChI=1S/C27H38N2O3/c1-9-29(10-2)23-13-11-22(12-14-23)28-24(30)18-32-25(31)19-15-20(26(3,4)5)17-21(16-19)27(6,7)8/h11-17H,9-10,18H2,1-8H3,(H,28,30). The minimum atomic E-state index is -0.492. The van der Waals surface area contributed by atoms with Crippen LogP contribution in [-0.2, 0) is 20.4 Å². The first-order valence-electron chi connectivity index (χ1n) is 11.3. The number of hydrogen-bond donors (Lipinski definition) is 1. The topological polar surface area (TPSA) is 58.6 Å². The highest BCUT2D eigenvalue weighted by Gasteiger charge is 2.23. The van der Waals surface area contributed by atoms with Crippen molar-refractivity contribution in [3.63, 3.8) is 0 Å². The predicted molar refractivity (Wildman–Crippen MR) is 133 cm³/mol. The van der Waals surface area contributed by atoms with Crippen LogP contribution in [0.2, 0.25) is 0 Å². The zero-order valence-electron chi connectivity index (χ0n) is 20.8. The van der Waals surface area contributed by atoms with Gasteiger partial charge in [0.05, 0.1) is 5.56 Å². The number of hydrogen-bond acceptors (Lipinski definition) is 4. The molecule has 0 aliphatic carbocycles. The predicted octanol–water partition coefficient (Wildman–Crippen LogP) is 5.92. The van der Waals surface area contributed by atoms with Crippen LogP contribution in [-0.4, -0.2) is 31.6 Å². The van der Waals surface area contributed by atoms with Crippen molar-refractivity contribution < 1.29 is 14.3 Å². The van der Waals surface area contributed by atoms with E-state index in [1.54, 1.807) is 0 Å². The Morgan fingerprint density at radius 2 is 1.34 bits per heavy atom. The Morgan fingerprint density at radius 3 is 1.78 bits per heavy atom. The molecular weight excluding hydrogens is 400 g/mol. The molecule has 0 saturated carbocycles. The molecule has 5 heteroatoms. The van der Waals surface area contributed by atoms with Crippen LogP contribution in [0.15, 0.2) is 42.5 Å². The highest BCUT2D eigenvalue weighted by Crippen LogP contribution is 2.30. The monoisotopic (exact) mass is 438 g/mol. The second kappa shape index (κ2) is 10.2. The molecule has 2 rings (SSSR count). The number of nitrogens with one attached hydrogen (secondary N) is 1. The van der Waals surface area contributed by atoms with Crippen LogP contribution in [0.4, 0.5) is 11.4 Å². The van der Waals surface area contributed by atoms with E-state index in [1.807, 2.05) is 36.4 Å². The maximum atomic E-state index is 12.7. The molecule has 1 N–H and O–H groups in total. The van der Waals surface area contributed by atoms with E-state index in [0.717, 1.165) is 29.9 Å². The number of benzene rings is 2. The summed E-state index contributed by atoms with van der Waals surface area (Å²) in [5.41, 5.74) is 4.16. The first-order valence-corrected chi connectivity index (χ1v) is 11.3. The normalized spacial score (nSPS) is 11.8. The van der Waals surface area contributed by atoms with Crippen LogP contribution in [0.3, 0.4) is 0 Å². The fraction of sp³-hybridized carbons (Fsp3) is 0.481. The summed E-state index contributed by atoms with van der Waals surface area (Å²) < 4.78 is 5.33. The first kappa shape index (κ1) is 25.4. The summed E-state index contributed by atoms with van der Waals surface area (Å²) in [6.07, 6.45) is 0. The third-order valence-corrected chi connectivity index (χ3v) is 5.51. The maximum Gasteiger partial charge on any atom is 0.338 e. The molecule has 32 heavy (non-hydrogen) atoms. The van der Waals surface area contributed by atoms with Crippen LogP contribution in [0.5, 0.6) is 0 Å². The number of esters is 1. The fourth-order valence-corrected chi connectivity index (χ4v) is 3.37. The van der Waals surface area contributed by atoms with Crippen molar-refractivity contribution in [2.24, 2.45) is 0 Å². The zero-order valence-corrected chi connectivity index (χ0v) is 20.8. The zero-order chi connectivity index (χ0) is 24.1. The van der Waals surface area contributed by atoms with Crippen LogP contribution in [0.1, 0.15) is 76.9 Å². The summed E-state index contributed by atoms with van der Waals surface area (Å²) in [5, 5.41) is 2.79. The molecular formula is C27H38N2O3. The number of carbonyl (C=O) groups excluding carboxylic acids is 2. The molecule has 0 saturated heterocycles. The summed E-state index contributed by atoms with van der Waals surface area (Å²) in [5.74, 6) is -0.856. The smallest absolute Gasteiger partial charge is 0.338 e. The third-order valence-electron chi connectivity index (χ3n) is 5.51. The minimum absolute atomic E-state index is 0.106. The van der Waals surface area contributed by atoms with Gasteiger partial charge in [0, 0.05) is 24.5 Å². The van der Waals surface area contributed by atoms with Gasteiger partial charge < -0.3 is 15.0 Å². The molecule has 0 unspecified atom stereocenters. The Balaban J connectivity index is 2.06. The van der Waals surface area contributed by atoms with Gasteiger partial charge in [-0.15, -0.1) is 0 Å². The maximum absolute atomic E-state index is 12.7. The Hall–Kier alpha value is -2.82. The van der Waals surface area contributed by atoms with Gasteiger partial charge in [0.1, 0.15) is 0 Å². The van der Waals surface area contributed by atoms with E-state index in [4.69, 9.17) is 4.74 Å². The van der Waals surface area contributed by atoms with Crippen molar-refractivity contribution in [3.05, 3.63) is 59.2 Å². The molecule has 0 fully saturated rings. The van der Waals surface area contributed by atoms with Crippen molar-refractivity contribution in [1.29, 1.82) is 0 Å². The van der Waals surface area contributed by atoms with Crippen LogP contribution in [0.25, 0.3) is 0 Å². The van der Waals surface area contributed by atoms with Gasteiger partial charge in [-0.2, -0.15) is 0 Å². The van der Waals surface area contributed by atoms with E-state index in [2.05, 4.69) is 71.7 Å². The number of carbonyl (C=O) groups is 2. The highest BCUT2D eigenvalue weighted by atomic mass is 16.5. The lowest BCUT2D eigenvalue weighted by molar-refractivity contribution is -0.119. The van der Waals surface area contributed by atoms with Crippen LogP contribution in [0, 0.1) is 0 Å². The molecule has 174 valence electrons. The molecule has 0 radical (unpaired) electrons. The van der Waals surface area contributed by atoms with Crippen molar-refractivity contribution >= 4 is 23.3 Å². The lowest BCUT2D eigenvalue weighted by Gasteiger charge is -2.25. The van der Waals surface area contributed by atoms with E-state index < -0.39 is 5.97 Å². The van der Waals surface area contributed by atoms with Crippen molar-refractivity contribution in [2.75, 3.05) is 29.9 Å². The van der Waals surface area contributed by atoms with Gasteiger partial charge in [0.15, 0.2) is 6.61 Å². The van der Waals surface area contributed by atoms with E-state index in [0.29, 0.717) is 11.3 Å². The summed E-state index contributed by atoms with van der Waals surface area (Å²) in [7, 11) is 0. The quantitative estimate of drug-likeness (QED) is 0.545. The number of anilines is 2. The fourth-order valence-electron chi connectivity index (χ4n) is 3.37. The lowest BCUT2D eigenvalue weighted by Crippen LogP contribution is -2.23. The number of rotatable bonds is 7. The van der Waals surface area contributed by atoms with E-state index >= 15 is 0 Å². The Morgan fingerprint density at radius 1 is 0.844 bits per heavy atom. The molecule has 2 aromatic carbocycles. The van der Waals surface area contributed by atoms with Gasteiger partial charge in [-0.3, -0.25) is 4.79 Å². The molecule has 0 atom stereocenters. The lowest BCUT2D eigenvalue weighted by atomic mass is 9.79. The van der Waals surface area contributed by atoms with E-state index in [1.165, 1.54) is 0 Å². The van der Waals surface area contributed by atoms with E-state index in [-0.39, 0.29) is 23.3 Å². The van der Waals surface area contributed by atoms with Gasteiger partial charge >= 0.3 is 5.97 Å². The van der Waals surface area contributed by atoms with Gasteiger partial charge in [0.2, 0.25) is 0 Å². The highest BCUT2D eigenvalue weighted by molar-refractivity contribution is 5.95. The largest absolute Gasteiger partial charge is 0.452 e. The van der Waals surface area contributed by atoms with Crippen molar-refractivity contribution in [3.8, 4) is 0 Å². The summed E-state index contributed by atoms with van der Waals surface area (Å²) in [4.78, 5) is 27.3. The number of amides is 1. The first-order chi connectivity index (χ1) is 14.8. The summed E-state index contributed by atoms with van der Waals surface area (Å²) >= 11 is 0. The van der Waals surface area contributed by atoms with Crippen LogP contribution < -0.4 is 10.2 Å². The number of nitrogens with zero attached hydrogens (tertiary/aromatic N) is 1. The SMILES string of the molecule is CCN(CC)c1ccc(NC(=O)COC(=O)c2cc(C(C)(C)C)cc(C(C)(C)C)c2)cc1. The van der Waals surface area contributed by atoms with Gasteiger partial charge in [0.25, 0.3) is 5.91 Å². The van der Waals surface area contributed by atoms with Crippen LogP contribution >= 0.6 is 0 Å². The molecule has 2 aromatic rings. The third kappa shape index (κ3) is 6.84. The minimum Gasteiger partial charge on any atom is -0.452 e. The molecule has 0 spiro atoms. The van der Waals surface area contributed by atoms with Crippen molar-refractivity contribution in [2.45, 2.75) is 66.2 Å². The molecule has 5 nitrogen and oxygen atoms in total. The summed E-state index contributed by atoms with van der Waals surface area (Å²) in [6, 6.07) is 13.5. The molecule has 0 bridgehead atoms. The number of ether oxygens (including phenoxy) is 1. The average molecular weight is 439 g/mol. The molecule has 0 aromatic heterocycles. The molecule has 1 amide bonds. The Labute approximate surface area is 193 Å². The summed E-state index contributed by atoms with van der Waals surface area (Å²) in [6.45, 7) is 18.4. The van der Waals surface area contributed by atoms with Gasteiger partial charge in [-0.1, -0.05) is 47.6 Å². The Kier molecular flexibility index (Phi) is 8.11. The molecule has 0 aliphatic heterocycles. The second-order valence-electron chi connectivity index (χ2n) is 10.1. The average Bonchev–Trinajstić information content (AvgIpc) is 2.72. The van der Waals surface area contributed by atoms with E-state index in [9.17, 15) is 9.59 Å². The van der Waals surface area contributed by atoms with Gasteiger partial charge in [-0.25, -0.2) is 4.79 Å². The Bertz CT molecular complexity index is 899. The van der Waals surface area contributed by atoms with Gasteiger partial charge in [-0.05, 0) is 72.2 Å².